The van der Waals surface area contributed by atoms with Crippen LogP contribution in [-0.2, 0) is 6.42 Å². The van der Waals surface area contributed by atoms with E-state index in [1.807, 2.05) is 0 Å². The van der Waals surface area contributed by atoms with Gasteiger partial charge in [0.25, 0.3) is 0 Å². The van der Waals surface area contributed by atoms with Gasteiger partial charge >= 0.3 is 0 Å². The number of hydrogen-bond acceptors (Lipinski definition) is 1. The van der Waals surface area contributed by atoms with E-state index in [2.05, 4.69) is 60.1 Å². The molecule has 0 bridgehead atoms. The maximum Gasteiger partial charge on any atom is 0.0213 e. The average Bonchev–Trinajstić information content (AvgIpc) is 2.87. The number of benzene rings is 2. The minimum absolute atomic E-state index is 0.620. The lowest BCUT2D eigenvalue weighted by molar-refractivity contribution is 0.622. The Morgan fingerprint density at radius 1 is 0.947 bits per heavy atom. The highest BCUT2D eigenvalue weighted by molar-refractivity contribution is 5.78. The van der Waals surface area contributed by atoms with Gasteiger partial charge in [-0.2, -0.15) is 0 Å². The lowest BCUT2D eigenvalue weighted by Gasteiger charge is -2.22. The van der Waals surface area contributed by atoms with Crippen molar-refractivity contribution in [2.45, 2.75) is 18.8 Å². The normalized spacial score (nSPS) is 19.7. The molecule has 1 aliphatic carbocycles. The first-order valence-corrected chi connectivity index (χ1v) is 7.02. The topological polar surface area (TPSA) is 12.0 Å². The summed E-state index contributed by atoms with van der Waals surface area (Å²) in [5, 5.41) is 3.37. The second kappa shape index (κ2) is 4.27. The van der Waals surface area contributed by atoms with Crippen LogP contribution in [-0.4, -0.2) is 6.54 Å². The number of fused-ring (bicyclic) bond motifs is 3. The van der Waals surface area contributed by atoms with Crippen LogP contribution in [0, 0.1) is 0 Å². The molecule has 0 amide bonds. The van der Waals surface area contributed by atoms with Crippen LogP contribution in [0.15, 0.2) is 54.7 Å². The molecule has 2 aromatic carbocycles. The van der Waals surface area contributed by atoms with E-state index in [0.29, 0.717) is 5.92 Å². The van der Waals surface area contributed by atoms with Crippen LogP contribution in [0.5, 0.6) is 0 Å². The zero-order valence-corrected chi connectivity index (χ0v) is 10.9. The van der Waals surface area contributed by atoms with Crippen LogP contribution in [0.25, 0.3) is 11.1 Å². The molecule has 0 fully saturated rings. The summed E-state index contributed by atoms with van der Waals surface area (Å²) in [6.45, 7) is 1.06. The van der Waals surface area contributed by atoms with Gasteiger partial charge in [0.15, 0.2) is 0 Å². The monoisotopic (exact) mass is 247 g/mol. The van der Waals surface area contributed by atoms with Crippen molar-refractivity contribution in [2.75, 3.05) is 6.54 Å². The van der Waals surface area contributed by atoms with Crippen molar-refractivity contribution < 1.29 is 0 Å². The third-order valence-electron chi connectivity index (χ3n) is 4.35. The van der Waals surface area contributed by atoms with Gasteiger partial charge in [-0.05, 0) is 46.9 Å². The molecule has 1 atom stereocenters. The predicted molar refractivity (Wildman–Crippen MR) is 79.2 cm³/mol. The quantitative estimate of drug-likeness (QED) is 0.688. The highest BCUT2D eigenvalue weighted by Gasteiger charge is 2.24. The molecule has 1 heteroatoms. The summed E-state index contributed by atoms with van der Waals surface area (Å²) < 4.78 is 0. The second-order valence-corrected chi connectivity index (χ2v) is 5.45. The number of hydrogen-bond donors (Lipinski definition) is 1. The van der Waals surface area contributed by atoms with E-state index in [9.17, 15) is 0 Å². The minimum atomic E-state index is 0.620. The smallest absolute Gasteiger partial charge is 0.0213 e. The summed E-state index contributed by atoms with van der Waals surface area (Å²) in [7, 11) is 0. The maximum atomic E-state index is 3.37. The first kappa shape index (κ1) is 10.9. The number of allylic oxidation sites excluding steroid dienone is 1. The third-order valence-corrected chi connectivity index (χ3v) is 4.35. The first-order valence-electron chi connectivity index (χ1n) is 7.02. The Labute approximate surface area is 114 Å². The largest absolute Gasteiger partial charge is 0.391 e. The van der Waals surface area contributed by atoms with Crippen molar-refractivity contribution in [3.63, 3.8) is 0 Å². The van der Waals surface area contributed by atoms with Gasteiger partial charge in [-0.3, -0.25) is 0 Å². The summed E-state index contributed by atoms with van der Waals surface area (Å²) in [6, 6.07) is 15.6. The van der Waals surface area contributed by atoms with E-state index in [0.717, 1.165) is 19.4 Å². The molecular formula is C18H17N. The highest BCUT2D eigenvalue weighted by atomic mass is 14.8. The standard InChI is InChI=1S/C18H17N/c1-2-7-15-13(5-1)11-18-16(8-3-9-17(15)18)14-6-4-10-19-12-14/h1-5,7-10,14,19H,6,11-12H2. The molecule has 0 saturated heterocycles. The van der Waals surface area contributed by atoms with E-state index < -0.39 is 0 Å². The SMILES string of the molecule is C1=CNCC(c2cccc3c2Cc2ccccc2-3)C1. The fourth-order valence-electron chi connectivity index (χ4n) is 3.41. The molecule has 4 rings (SSSR count). The van der Waals surface area contributed by atoms with Crippen LogP contribution in [0.4, 0.5) is 0 Å². The molecule has 1 unspecified atom stereocenters. The molecule has 1 heterocycles. The fraction of sp³-hybridized carbons (Fsp3) is 0.222. The van der Waals surface area contributed by atoms with Crippen LogP contribution < -0.4 is 5.32 Å². The van der Waals surface area contributed by atoms with Crippen LogP contribution >= 0.6 is 0 Å². The van der Waals surface area contributed by atoms with Crippen molar-refractivity contribution in [3.8, 4) is 11.1 Å². The molecular weight excluding hydrogens is 230 g/mol. The Balaban J connectivity index is 1.83. The first-order chi connectivity index (χ1) is 9.43. The lowest BCUT2D eigenvalue weighted by atomic mass is 9.88. The van der Waals surface area contributed by atoms with Crippen molar-refractivity contribution >= 4 is 0 Å². The molecule has 0 aromatic heterocycles. The summed E-state index contributed by atoms with van der Waals surface area (Å²) >= 11 is 0. The van der Waals surface area contributed by atoms with E-state index in [-0.39, 0.29) is 0 Å². The van der Waals surface area contributed by atoms with Crippen molar-refractivity contribution in [1.29, 1.82) is 0 Å². The highest BCUT2D eigenvalue weighted by Crippen LogP contribution is 2.40. The third kappa shape index (κ3) is 1.69. The van der Waals surface area contributed by atoms with Gasteiger partial charge in [0.1, 0.15) is 0 Å². The van der Waals surface area contributed by atoms with E-state index in [4.69, 9.17) is 0 Å². The summed E-state index contributed by atoms with van der Waals surface area (Å²) in [5.41, 5.74) is 7.43. The van der Waals surface area contributed by atoms with E-state index in [1.165, 1.54) is 22.3 Å². The summed E-state index contributed by atoms with van der Waals surface area (Å²) in [5.74, 6) is 0.620. The number of rotatable bonds is 1. The van der Waals surface area contributed by atoms with Gasteiger partial charge in [0.05, 0.1) is 0 Å². The van der Waals surface area contributed by atoms with Crippen molar-refractivity contribution in [3.05, 3.63) is 71.4 Å². The Morgan fingerprint density at radius 2 is 1.84 bits per heavy atom. The Bertz CT molecular complexity index is 654. The Kier molecular flexibility index (Phi) is 2.44. The molecule has 0 spiro atoms. The molecule has 94 valence electrons. The van der Waals surface area contributed by atoms with Gasteiger partial charge < -0.3 is 5.32 Å². The molecule has 19 heavy (non-hydrogen) atoms. The van der Waals surface area contributed by atoms with Gasteiger partial charge in [0, 0.05) is 12.5 Å². The second-order valence-electron chi connectivity index (χ2n) is 5.45. The minimum Gasteiger partial charge on any atom is -0.391 e. The van der Waals surface area contributed by atoms with Gasteiger partial charge in [-0.1, -0.05) is 48.5 Å². The van der Waals surface area contributed by atoms with Crippen LogP contribution in [0.3, 0.4) is 0 Å². The summed E-state index contributed by atoms with van der Waals surface area (Å²) in [6.07, 6.45) is 6.58. The molecule has 1 aliphatic heterocycles. The molecule has 2 aliphatic rings. The lowest BCUT2D eigenvalue weighted by Crippen LogP contribution is -2.20. The van der Waals surface area contributed by atoms with Gasteiger partial charge in [-0.15, -0.1) is 0 Å². The molecule has 0 radical (unpaired) electrons. The zero-order valence-electron chi connectivity index (χ0n) is 10.9. The maximum absolute atomic E-state index is 3.37. The fourth-order valence-corrected chi connectivity index (χ4v) is 3.41. The van der Waals surface area contributed by atoms with Crippen molar-refractivity contribution in [2.24, 2.45) is 0 Å². The van der Waals surface area contributed by atoms with E-state index >= 15 is 0 Å². The molecule has 2 aromatic rings. The Hall–Kier alpha value is -2.02. The van der Waals surface area contributed by atoms with Crippen molar-refractivity contribution in [1.82, 2.24) is 5.32 Å². The molecule has 0 saturated carbocycles. The van der Waals surface area contributed by atoms with E-state index in [1.54, 1.807) is 5.56 Å². The number of nitrogens with one attached hydrogen (secondary N) is 1. The van der Waals surface area contributed by atoms with Crippen LogP contribution in [0.2, 0.25) is 0 Å². The zero-order chi connectivity index (χ0) is 12.7. The Morgan fingerprint density at radius 3 is 2.74 bits per heavy atom. The molecule has 1 nitrogen and oxygen atoms in total. The van der Waals surface area contributed by atoms with Gasteiger partial charge in [0.2, 0.25) is 0 Å². The summed E-state index contributed by atoms with van der Waals surface area (Å²) in [4.78, 5) is 0. The van der Waals surface area contributed by atoms with Crippen LogP contribution in [0.1, 0.15) is 29.0 Å². The van der Waals surface area contributed by atoms with Gasteiger partial charge in [-0.25, -0.2) is 0 Å². The average molecular weight is 247 g/mol. The predicted octanol–water partition coefficient (Wildman–Crippen LogP) is 3.85. The molecule has 1 N–H and O–H groups in total.